The molecule has 0 aliphatic rings. The minimum Gasteiger partial charge on any atom is -0.382 e. The molecule has 2 heterocycles. The molecule has 0 aliphatic heterocycles. The number of carbonyl (C=O) groups excluding carboxylic acids is 2. The van der Waals surface area contributed by atoms with E-state index in [-0.39, 0.29) is 11.8 Å². The van der Waals surface area contributed by atoms with Crippen molar-refractivity contribution in [1.82, 2.24) is 41.0 Å². The molecule has 2 aromatic heterocycles. The van der Waals surface area contributed by atoms with Crippen LogP contribution in [0.4, 0.5) is 5.82 Å². The van der Waals surface area contributed by atoms with Gasteiger partial charge in [0.15, 0.2) is 5.82 Å². The Morgan fingerprint density at radius 2 is 1.92 bits per heavy atom. The summed E-state index contributed by atoms with van der Waals surface area (Å²) in [7, 11) is 0. The highest BCUT2D eigenvalue weighted by Crippen LogP contribution is 2.20. The van der Waals surface area contributed by atoms with E-state index in [1.807, 2.05) is 42.5 Å². The molecule has 38 heavy (non-hydrogen) atoms. The highest BCUT2D eigenvalue weighted by Gasteiger charge is 2.22. The van der Waals surface area contributed by atoms with Crippen molar-refractivity contribution >= 4 is 40.1 Å². The van der Waals surface area contributed by atoms with Crippen molar-refractivity contribution in [3.05, 3.63) is 94.8 Å². The first-order chi connectivity index (χ1) is 18.5. The van der Waals surface area contributed by atoms with Crippen LogP contribution in [-0.2, 0) is 17.6 Å². The fourth-order valence-electron chi connectivity index (χ4n) is 4.18. The maximum absolute atomic E-state index is 13.3. The second kappa shape index (κ2) is 11.1. The quantitative estimate of drug-likeness (QED) is 0.228. The van der Waals surface area contributed by atoms with Gasteiger partial charge in [-0.2, -0.15) is 5.10 Å². The van der Waals surface area contributed by atoms with E-state index < -0.39 is 6.04 Å². The molecule has 0 fully saturated rings. The van der Waals surface area contributed by atoms with Gasteiger partial charge in [0, 0.05) is 28.9 Å². The lowest BCUT2D eigenvalue weighted by molar-refractivity contribution is -0.122. The van der Waals surface area contributed by atoms with E-state index in [0.29, 0.717) is 41.3 Å². The number of nitrogens with zero attached hydrogens (tertiary/aromatic N) is 5. The molecule has 5 N–H and O–H groups in total. The van der Waals surface area contributed by atoms with Gasteiger partial charge in [0.05, 0.1) is 11.2 Å². The summed E-state index contributed by atoms with van der Waals surface area (Å²) in [5.41, 5.74) is 9.39. The third-order valence-electron chi connectivity index (χ3n) is 6.09. The number of amides is 2. The summed E-state index contributed by atoms with van der Waals surface area (Å²) < 4.78 is 1.54. The lowest BCUT2D eigenvalue weighted by Gasteiger charge is -2.19. The zero-order chi connectivity index (χ0) is 26.5. The molecule has 1 atom stereocenters. The smallest absolute Gasteiger partial charge is 0.252 e. The van der Waals surface area contributed by atoms with E-state index >= 15 is 0 Å². The Morgan fingerprint density at radius 3 is 2.71 bits per heavy atom. The van der Waals surface area contributed by atoms with Crippen molar-refractivity contribution in [2.75, 3.05) is 12.3 Å². The molecule has 0 radical (unpaired) electrons. The highest BCUT2D eigenvalue weighted by atomic mass is 35.5. The lowest BCUT2D eigenvalue weighted by Crippen LogP contribution is -2.48. The zero-order valence-electron chi connectivity index (χ0n) is 20.1. The molecule has 0 saturated heterocycles. The van der Waals surface area contributed by atoms with Crippen LogP contribution in [0.1, 0.15) is 21.5 Å². The van der Waals surface area contributed by atoms with Crippen LogP contribution >= 0.6 is 11.6 Å². The number of aromatic nitrogens is 6. The predicted octanol–water partition coefficient (Wildman–Crippen LogP) is 2.47. The first kappa shape index (κ1) is 24.9. The van der Waals surface area contributed by atoms with Crippen LogP contribution in [0.15, 0.2) is 73.1 Å². The second-order valence-electron chi connectivity index (χ2n) is 8.65. The first-order valence-electron chi connectivity index (χ1n) is 11.9. The van der Waals surface area contributed by atoms with Gasteiger partial charge in [0.1, 0.15) is 12.4 Å². The number of rotatable bonds is 9. The third-order valence-corrected chi connectivity index (χ3v) is 6.33. The molecule has 0 aliphatic carbocycles. The number of anilines is 1. The number of halogens is 1. The summed E-state index contributed by atoms with van der Waals surface area (Å²) in [5.74, 6) is -0.330. The van der Waals surface area contributed by atoms with Crippen LogP contribution in [0.3, 0.4) is 0 Å². The average Bonchev–Trinajstić information content (AvgIpc) is 3.59. The van der Waals surface area contributed by atoms with Crippen molar-refractivity contribution in [3.63, 3.8) is 0 Å². The van der Waals surface area contributed by atoms with Crippen LogP contribution in [-0.4, -0.2) is 54.8 Å². The standard InChI is InChI=1S/C26H24ClN9O2/c27-19-7-9-23(36-15-30-34-35-36)17(13-19)10-11-29-26(38)22(12-16-4-2-1-3-5-16)31-25(37)18-6-8-20-21(14-18)32-33-24(20)28/h1-9,13-15,22H,10-12H2,(H,29,38)(H,31,37)(H3,28,32,33). The van der Waals surface area contributed by atoms with Gasteiger partial charge in [-0.05, 0) is 64.4 Å². The molecule has 2 amide bonds. The highest BCUT2D eigenvalue weighted by molar-refractivity contribution is 6.30. The van der Waals surface area contributed by atoms with Gasteiger partial charge in [-0.15, -0.1) is 5.10 Å². The SMILES string of the molecule is Nc1n[nH]c2cc(C(=O)NC(Cc3ccccc3)C(=O)NCCc3cc(Cl)ccc3-n3cnnn3)ccc12. The number of nitrogens with two attached hydrogens (primary N) is 1. The molecule has 12 heteroatoms. The van der Waals surface area contributed by atoms with Crippen LogP contribution in [0.5, 0.6) is 0 Å². The van der Waals surface area contributed by atoms with Crippen molar-refractivity contribution in [2.24, 2.45) is 0 Å². The summed E-state index contributed by atoms with van der Waals surface area (Å²) in [6.45, 7) is 0.314. The molecule has 5 aromatic rings. The second-order valence-corrected chi connectivity index (χ2v) is 9.09. The Balaban J connectivity index is 1.30. The summed E-state index contributed by atoms with van der Waals surface area (Å²) in [6.07, 6.45) is 2.29. The minimum atomic E-state index is -0.800. The number of carbonyl (C=O) groups is 2. The van der Waals surface area contributed by atoms with Crippen molar-refractivity contribution < 1.29 is 9.59 Å². The normalized spacial score (nSPS) is 11.8. The average molecular weight is 530 g/mol. The van der Waals surface area contributed by atoms with Gasteiger partial charge >= 0.3 is 0 Å². The molecular formula is C26H24ClN9O2. The fourth-order valence-corrected chi connectivity index (χ4v) is 4.37. The Hall–Kier alpha value is -4.77. The Labute approximate surface area is 222 Å². The molecule has 0 saturated carbocycles. The monoisotopic (exact) mass is 529 g/mol. The number of nitrogen functional groups attached to an aromatic ring is 1. The van der Waals surface area contributed by atoms with Crippen LogP contribution in [0.2, 0.25) is 5.02 Å². The van der Waals surface area contributed by atoms with Gasteiger partial charge in [-0.25, -0.2) is 4.68 Å². The van der Waals surface area contributed by atoms with Crippen LogP contribution < -0.4 is 16.4 Å². The number of hydrogen-bond acceptors (Lipinski definition) is 7. The van der Waals surface area contributed by atoms with E-state index in [0.717, 1.165) is 22.2 Å². The largest absolute Gasteiger partial charge is 0.382 e. The van der Waals surface area contributed by atoms with E-state index in [1.165, 1.54) is 11.0 Å². The van der Waals surface area contributed by atoms with Gasteiger partial charge in [0.25, 0.3) is 5.91 Å². The van der Waals surface area contributed by atoms with Crippen molar-refractivity contribution in [2.45, 2.75) is 18.9 Å². The number of benzene rings is 3. The molecule has 5 rings (SSSR count). The Morgan fingerprint density at radius 1 is 1.08 bits per heavy atom. The summed E-state index contributed by atoms with van der Waals surface area (Å²) in [5, 5.41) is 25.2. The predicted molar refractivity (Wildman–Crippen MR) is 143 cm³/mol. The maximum atomic E-state index is 13.3. The molecule has 11 nitrogen and oxygen atoms in total. The third kappa shape index (κ3) is 5.62. The number of tetrazole rings is 1. The summed E-state index contributed by atoms with van der Waals surface area (Å²) in [4.78, 5) is 26.4. The number of aromatic amines is 1. The molecular weight excluding hydrogens is 506 g/mol. The maximum Gasteiger partial charge on any atom is 0.252 e. The Kier molecular flexibility index (Phi) is 7.27. The number of H-pyrrole nitrogens is 1. The summed E-state index contributed by atoms with van der Waals surface area (Å²) >= 11 is 6.20. The minimum absolute atomic E-state index is 0.305. The molecule has 0 spiro atoms. The fraction of sp³-hybridized carbons (Fsp3) is 0.154. The van der Waals surface area contributed by atoms with Gasteiger partial charge in [0.2, 0.25) is 5.91 Å². The van der Waals surface area contributed by atoms with Crippen LogP contribution in [0, 0.1) is 0 Å². The molecule has 3 aromatic carbocycles. The number of hydrogen-bond donors (Lipinski definition) is 4. The number of nitrogens with one attached hydrogen (secondary N) is 3. The molecule has 192 valence electrons. The van der Waals surface area contributed by atoms with Gasteiger partial charge in [-0.1, -0.05) is 41.9 Å². The van der Waals surface area contributed by atoms with E-state index in [4.69, 9.17) is 17.3 Å². The van der Waals surface area contributed by atoms with E-state index in [2.05, 4.69) is 36.4 Å². The van der Waals surface area contributed by atoms with Gasteiger partial charge in [-0.3, -0.25) is 14.7 Å². The van der Waals surface area contributed by atoms with Crippen molar-refractivity contribution in [3.8, 4) is 5.69 Å². The summed E-state index contributed by atoms with van der Waals surface area (Å²) in [6, 6.07) is 19.1. The zero-order valence-corrected chi connectivity index (χ0v) is 20.9. The molecule has 0 bridgehead atoms. The first-order valence-corrected chi connectivity index (χ1v) is 12.2. The van der Waals surface area contributed by atoms with Crippen molar-refractivity contribution in [1.29, 1.82) is 0 Å². The topological polar surface area (TPSA) is 156 Å². The Bertz CT molecular complexity index is 1570. The van der Waals surface area contributed by atoms with E-state index in [1.54, 1.807) is 24.3 Å². The van der Waals surface area contributed by atoms with E-state index in [9.17, 15) is 9.59 Å². The number of fused-ring (bicyclic) bond motifs is 1. The molecule has 1 unspecified atom stereocenters. The van der Waals surface area contributed by atoms with Crippen LogP contribution in [0.25, 0.3) is 16.6 Å². The lowest BCUT2D eigenvalue weighted by atomic mass is 10.0. The van der Waals surface area contributed by atoms with Gasteiger partial charge < -0.3 is 16.4 Å².